The first-order valence-electron chi connectivity index (χ1n) is 10.5. The van der Waals surface area contributed by atoms with Crippen LogP contribution in [-0.2, 0) is 17.2 Å². The van der Waals surface area contributed by atoms with Gasteiger partial charge in [-0.2, -0.15) is 13.2 Å². The van der Waals surface area contributed by atoms with Gasteiger partial charge >= 0.3 is 6.18 Å². The van der Waals surface area contributed by atoms with Crippen molar-refractivity contribution in [1.29, 1.82) is 0 Å². The van der Waals surface area contributed by atoms with E-state index in [2.05, 4.69) is 9.62 Å². The predicted octanol–water partition coefficient (Wildman–Crippen LogP) is 6.17. The van der Waals surface area contributed by atoms with E-state index in [4.69, 9.17) is 0 Å². The molecular formula is C23H27F3N2OS. The molecule has 1 heterocycles. The Hall–Kier alpha value is -2.02. The molecule has 7 heteroatoms. The van der Waals surface area contributed by atoms with Crippen molar-refractivity contribution in [3.63, 3.8) is 0 Å². The molecule has 3 nitrogen and oxygen atoms in total. The first-order chi connectivity index (χ1) is 14.3. The first-order valence-corrected chi connectivity index (χ1v) is 11.7. The van der Waals surface area contributed by atoms with Gasteiger partial charge in [-0.1, -0.05) is 37.0 Å². The van der Waals surface area contributed by atoms with Gasteiger partial charge in [0.2, 0.25) is 0 Å². The third kappa shape index (κ3) is 4.66. The summed E-state index contributed by atoms with van der Waals surface area (Å²) in [6, 6.07) is 10.9. The Labute approximate surface area is 178 Å². The number of rotatable bonds is 4. The molecule has 1 aliphatic carbocycles. The normalized spacial score (nSPS) is 23.0. The summed E-state index contributed by atoms with van der Waals surface area (Å²) in [4.78, 5) is 2.70. The minimum atomic E-state index is -4.45. The average molecular weight is 437 g/mol. The third-order valence-corrected chi connectivity index (χ3v) is 7.50. The number of nitrogens with zero attached hydrogens (tertiary/aromatic N) is 1. The molecule has 0 bridgehead atoms. The fourth-order valence-electron chi connectivity index (χ4n) is 4.71. The Morgan fingerprint density at radius 3 is 2.40 bits per heavy atom. The number of hydrogen-bond donors (Lipinski definition) is 1. The summed E-state index contributed by atoms with van der Waals surface area (Å²) >= 11 is 0. The van der Waals surface area contributed by atoms with Crippen LogP contribution in [0.2, 0.25) is 0 Å². The number of fused-ring (bicyclic) bond motifs is 1. The van der Waals surface area contributed by atoms with Crippen molar-refractivity contribution in [2.45, 2.75) is 50.1 Å². The number of alkyl halides is 3. The van der Waals surface area contributed by atoms with E-state index < -0.39 is 22.7 Å². The highest BCUT2D eigenvalue weighted by Crippen LogP contribution is 2.41. The number of hydrogen-bond acceptors (Lipinski definition) is 2. The second kappa shape index (κ2) is 8.61. The summed E-state index contributed by atoms with van der Waals surface area (Å²) in [5, 5.41) is 0. The Balaban J connectivity index is 1.62. The van der Waals surface area contributed by atoms with E-state index in [-0.39, 0.29) is 5.69 Å². The van der Waals surface area contributed by atoms with Crippen molar-refractivity contribution in [1.82, 2.24) is 0 Å². The maximum atomic E-state index is 13.4. The van der Waals surface area contributed by atoms with Crippen LogP contribution in [0.15, 0.2) is 47.4 Å². The summed E-state index contributed by atoms with van der Waals surface area (Å²) < 4.78 is 55.8. The lowest BCUT2D eigenvalue weighted by atomic mass is 9.75. The molecule has 4 rings (SSSR count). The molecule has 2 aromatic carbocycles. The van der Waals surface area contributed by atoms with Gasteiger partial charge in [0.1, 0.15) is 11.0 Å². The Bertz CT molecular complexity index is 914. The predicted molar refractivity (Wildman–Crippen MR) is 115 cm³/mol. The van der Waals surface area contributed by atoms with Gasteiger partial charge < -0.3 is 4.90 Å². The van der Waals surface area contributed by atoms with Crippen LogP contribution in [0, 0.1) is 18.8 Å². The topological polar surface area (TPSA) is 32.3 Å². The molecule has 0 aromatic heterocycles. The molecule has 1 N–H and O–H groups in total. The summed E-state index contributed by atoms with van der Waals surface area (Å²) in [7, 11) is -1.64. The molecule has 2 aliphatic rings. The fraction of sp³-hybridized carbons (Fsp3) is 0.478. The van der Waals surface area contributed by atoms with Gasteiger partial charge in [-0.25, -0.2) is 4.21 Å². The molecular weight excluding hydrogens is 409 g/mol. The van der Waals surface area contributed by atoms with E-state index in [0.29, 0.717) is 16.5 Å². The van der Waals surface area contributed by atoms with Crippen molar-refractivity contribution in [3.8, 4) is 0 Å². The highest BCUT2D eigenvalue weighted by Gasteiger charge is 2.34. The molecule has 1 aliphatic heterocycles. The molecule has 162 valence electrons. The Morgan fingerprint density at radius 2 is 1.70 bits per heavy atom. The maximum absolute atomic E-state index is 13.4. The number of nitrogens with one attached hydrogen (secondary N) is 1. The van der Waals surface area contributed by atoms with Crippen LogP contribution in [0.1, 0.15) is 43.2 Å². The number of anilines is 2. The molecule has 2 aromatic rings. The van der Waals surface area contributed by atoms with Crippen molar-refractivity contribution < 1.29 is 17.4 Å². The van der Waals surface area contributed by atoms with Gasteiger partial charge in [0, 0.05) is 13.1 Å². The number of benzene rings is 2. The van der Waals surface area contributed by atoms with Gasteiger partial charge in [-0.15, -0.1) is 0 Å². The van der Waals surface area contributed by atoms with E-state index >= 15 is 0 Å². The Morgan fingerprint density at radius 1 is 1.00 bits per heavy atom. The van der Waals surface area contributed by atoms with Crippen LogP contribution in [0.3, 0.4) is 0 Å². The third-order valence-electron chi connectivity index (χ3n) is 6.39. The van der Waals surface area contributed by atoms with Crippen LogP contribution in [0.4, 0.5) is 24.5 Å². The molecule has 3 atom stereocenters. The molecule has 3 unspecified atom stereocenters. The van der Waals surface area contributed by atoms with E-state index in [1.165, 1.54) is 31.7 Å². The molecule has 0 radical (unpaired) electrons. The van der Waals surface area contributed by atoms with Crippen LogP contribution < -0.4 is 9.62 Å². The maximum Gasteiger partial charge on any atom is 0.416 e. The number of piperidine rings is 1. The minimum absolute atomic E-state index is 0.276. The smallest absolute Gasteiger partial charge is 0.370 e. The zero-order valence-electron chi connectivity index (χ0n) is 17.0. The minimum Gasteiger partial charge on any atom is -0.370 e. The van der Waals surface area contributed by atoms with Crippen molar-refractivity contribution in [3.05, 3.63) is 53.6 Å². The van der Waals surface area contributed by atoms with Gasteiger partial charge in [-0.3, -0.25) is 4.72 Å². The average Bonchev–Trinajstić information content (AvgIpc) is 2.73. The van der Waals surface area contributed by atoms with Crippen molar-refractivity contribution in [2.75, 3.05) is 22.7 Å². The Kier molecular flexibility index (Phi) is 6.09. The van der Waals surface area contributed by atoms with Crippen molar-refractivity contribution >= 4 is 22.4 Å². The summed E-state index contributed by atoms with van der Waals surface area (Å²) in [6.07, 6.45) is 1.56. The van der Waals surface area contributed by atoms with Crippen molar-refractivity contribution in [2.24, 2.45) is 11.8 Å². The van der Waals surface area contributed by atoms with Gasteiger partial charge in [-0.05, 0) is 61.9 Å². The lowest BCUT2D eigenvalue weighted by Crippen LogP contribution is -2.42. The summed E-state index contributed by atoms with van der Waals surface area (Å²) in [5.41, 5.74) is 1.28. The van der Waals surface area contributed by atoms with Crippen LogP contribution in [0.5, 0.6) is 0 Å². The fourth-order valence-corrected chi connectivity index (χ4v) is 5.57. The molecule has 0 amide bonds. The van der Waals surface area contributed by atoms with Gasteiger partial charge in [0.05, 0.1) is 21.8 Å². The molecule has 2 fully saturated rings. The SMILES string of the molecule is Cc1ccc(S(=O)Nc2cc(C(F)(F)F)ccc2N2CCC3CCCCC3C2)cc1. The van der Waals surface area contributed by atoms with Gasteiger partial charge in [0.15, 0.2) is 0 Å². The number of aryl methyl sites for hydroxylation is 1. The van der Waals surface area contributed by atoms with E-state index in [0.717, 1.165) is 43.1 Å². The quantitative estimate of drug-likeness (QED) is 0.622. The monoisotopic (exact) mass is 436 g/mol. The van der Waals surface area contributed by atoms with Crippen LogP contribution >= 0.6 is 0 Å². The van der Waals surface area contributed by atoms with Crippen LogP contribution in [-0.4, -0.2) is 17.3 Å². The van der Waals surface area contributed by atoms with E-state index in [1.54, 1.807) is 12.1 Å². The van der Waals surface area contributed by atoms with Crippen LogP contribution in [0.25, 0.3) is 0 Å². The lowest BCUT2D eigenvalue weighted by molar-refractivity contribution is -0.137. The lowest BCUT2D eigenvalue weighted by Gasteiger charge is -2.42. The van der Waals surface area contributed by atoms with E-state index in [1.807, 2.05) is 19.1 Å². The largest absolute Gasteiger partial charge is 0.416 e. The van der Waals surface area contributed by atoms with Gasteiger partial charge in [0.25, 0.3) is 0 Å². The molecule has 1 saturated heterocycles. The second-order valence-corrected chi connectivity index (χ2v) is 9.67. The molecule has 30 heavy (non-hydrogen) atoms. The highest BCUT2D eigenvalue weighted by atomic mass is 32.2. The first kappa shape index (κ1) is 21.2. The molecule has 0 spiro atoms. The standard InChI is InChI=1S/C23H27F3N2OS/c1-16-6-9-20(10-7-16)30(29)27-21-14-19(23(24,25)26)8-11-22(21)28-13-12-17-4-2-3-5-18(17)15-28/h6-11,14,17-18,27H,2-5,12-13,15H2,1H3. The number of halogens is 3. The zero-order chi connectivity index (χ0) is 21.3. The second-order valence-electron chi connectivity index (χ2n) is 8.45. The van der Waals surface area contributed by atoms with E-state index in [9.17, 15) is 17.4 Å². The summed E-state index contributed by atoms with van der Waals surface area (Å²) in [5.74, 6) is 1.31. The summed E-state index contributed by atoms with van der Waals surface area (Å²) in [6.45, 7) is 3.60. The molecule has 1 saturated carbocycles. The highest BCUT2D eigenvalue weighted by molar-refractivity contribution is 7.86. The zero-order valence-corrected chi connectivity index (χ0v) is 17.9.